The van der Waals surface area contributed by atoms with Crippen molar-refractivity contribution in [1.82, 2.24) is 20.2 Å². The molecule has 0 fully saturated rings. The smallest absolute Gasteiger partial charge is 0.379 e. The van der Waals surface area contributed by atoms with Crippen LogP contribution in [0.25, 0.3) is 5.69 Å². The molecule has 3 aromatic rings. The Morgan fingerprint density at radius 1 is 1.12 bits per heavy atom. The minimum atomic E-state index is -4.73. The van der Waals surface area contributed by atoms with Crippen molar-refractivity contribution >= 4 is 21.7 Å². The first-order chi connectivity index (χ1) is 12.2. The summed E-state index contributed by atoms with van der Waals surface area (Å²) in [6.45, 7) is 0. The minimum absolute atomic E-state index is 0.147. The molecule has 3 rings (SSSR count). The maximum atomic E-state index is 12.8. The van der Waals surface area contributed by atoms with Crippen molar-refractivity contribution in [1.29, 1.82) is 0 Å². The Kier molecular flexibility index (Phi) is 4.59. The highest BCUT2D eigenvalue weighted by atomic mass is 35.5. The Labute approximate surface area is 150 Å². The number of nitrogens with zero attached hydrogens (tertiary/aromatic N) is 4. The molecule has 0 radical (unpaired) electrons. The summed E-state index contributed by atoms with van der Waals surface area (Å²) in [5.74, 6) is -0.147. The highest BCUT2D eigenvalue weighted by Crippen LogP contribution is 2.34. The predicted octanol–water partition coefficient (Wildman–Crippen LogP) is 3.10. The molecule has 1 aromatic heterocycles. The fourth-order valence-corrected chi connectivity index (χ4v) is 3.43. The van der Waals surface area contributed by atoms with Gasteiger partial charge in [-0.3, -0.25) is 0 Å². The van der Waals surface area contributed by atoms with Gasteiger partial charge in [-0.1, -0.05) is 17.7 Å². The zero-order valence-corrected chi connectivity index (χ0v) is 14.1. The number of hydrogen-bond acceptors (Lipinski definition) is 6. The third kappa shape index (κ3) is 3.78. The molecule has 7 nitrogen and oxygen atoms in total. The van der Waals surface area contributed by atoms with Crippen molar-refractivity contribution in [3.8, 4) is 11.4 Å². The fraction of sp³-hybridized carbons (Fsp3) is 0.0714. The second-order valence-electron chi connectivity index (χ2n) is 4.93. The van der Waals surface area contributed by atoms with E-state index in [0.29, 0.717) is 17.8 Å². The van der Waals surface area contributed by atoms with Crippen LogP contribution in [0.1, 0.15) is 5.56 Å². The van der Waals surface area contributed by atoms with E-state index in [1.165, 1.54) is 29.2 Å². The van der Waals surface area contributed by atoms with Crippen LogP contribution < -0.4 is 4.18 Å². The van der Waals surface area contributed by atoms with E-state index in [4.69, 9.17) is 15.8 Å². The molecule has 12 heteroatoms. The normalized spacial score (nSPS) is 12.2. The Hall–Kier alpha value is -2.66. The van der Waals surface area contributed by atoms with Crippen LogP contribution in [0.4, 0.5) is 13.2 Å². The fourth-order valence-electron chi connectivity index (χ4n) is 2.00. The zero-order valence-electron chi connectivity index (χ0n) is 12.6. The molecule has 0 saturated heterocycles. The summed E-state index contributed by atoms with van der Waals surface area (Å²) in [5, 5.41) is 10.1. The average molecular weight is 405 g/mol. The van der Waals surface area contributed by atoms with Crippen molar-refractivity contribution in [2.45, 2.75) is 11.1 Å². The molecule has 26 heavy (non-hydrogen) atoms. The van der Waals surface area contributed by atoms with E-state index < -0.39 is 31.8 Å². The third-order valence-corrected chi connectivity index (χ3v) is 4.89. The van der Waals surface area contributed by atoms with Crippen LogP contribution in [-0.4, -0.2) is 28.6 Å². The van der Waals surface area contributed by atoms with Crippen LogP contribution in [0.3, 0.4) is 0 Å². The Bertz CT molecular complexity index is 1040. The number of halogens is 4. The summed E-state index contributed by atoms with van der Waals surface area (Å²) >= 11 is 5.75. The third-order valence-electron chi connectivity index (χ3n) is 3.16. The van der Waals surface area contributed by atoms with E-state index >= 15 is 0 Å². The quantitative estimate of drug-likeness (QED) is 0.621. The standard InChI is InChI=1S/C14H8ClF3N4O3S/c15-12-5-4-9(14(16,17)18)6-13(12)26(23,24)25-11-3-1-2-10(7-11)22-8-19-20-21-22/h1-8H. The monoisotopic (exact) mass is 404 g/mol. The van der Waals surface area contributed by atoms with Crippen LogP contribution >= 0.6 is 11.6 Å². The SMILES string of the molecule is O=S(=O)(Oc1cccc(-n2cnnn2)c1)c1cc(C(F)(F)F)ccc1Cl. The van der Waals surface area contributed by atoms with Gasteiger partial charge in [0.2, 0.25) is 0 Å². The van der Waals surface area contributed by atoms with Crippen molar-refractivity contribution in [2.24, 2.45) is 0 Å². The van der Waals surface area contributed by atoms with Crippen LogP contribution in [0.15, 0.2) is 53.7 Å². The van der Waals surface area contributed by atoms with E-state index in [1.807, 2.05) is 0 Å². The molecule has 0 aliphatic heterocycles. The van der Waals surface area contributed by atoms with Crippen LogP contribution in [0.5, 0.6) is 5.75 Å². The highest BCUT2D eigenvalue weighted by Gasteiger charge is 2.33. The molecule has 0 aliphatic carbocycles. The zero-order chi connectivity index (χ0) is 18.9. The van der Waals surface area contributed by atoms with Gasteiger partial charge >= 0.3 is 16.3 Å². The molecule has 0 unspecified atom stereocenters. The number of rotatable bonds is 4. The summed E-state index contributed by atoms with van der Waals surface area (Å²) in [5.41, 5.74) is -0.774. The van der Waals surface area contributed by atoms with Crippen LogP contribution in [0.2, 0.25) is 5.02 Å². The largest absolute Gasteiger partial charge is 0.416 e. The van der Waals surface area contributed by atoms with Gasteiger partial charge in [0, 0.05) is 6.07 Å². The number of alkyl halides is 3. The first-order valence-electron chi connectivity index (χ1n) is 6.81. The first-order valence-corrected chi connectivity index (χ1v) is 8.60. The van der Waals surface area contributed by atoms with Crippen molar-refractivity contribution < 1.29 is 25.8 Å². The van der Waals surface area contributed by atoms with Gasteiger partial charge in [0.05, 0.1) is 16.3 Å². The van der Waals surface area contributed by atoms with Crippen molar-refractivity contribution in [2.75, 3.05) is 0 Å². The van der Waals surface area contributed by atoms with Gasteiger partial charge in [-0.2, -0.15) is 21.6 Å². The van der Waals surface area contributed by atoms with Gasteiger partial charge in [0.15, 0.2) is 0 Å². The lowest BCUT2D eigenvalue weighted by molar-refractivity contribution is -0.137. The predicted molar refractivity (Wildman–Crippen MR) is 83.4 cm³/mol. The lowest BCUT2D eigenvalue weighted by atomic mass is 10.2. The minimum Gasteiger partial charge on any atom is -0.379 e. The molecule has 0 saturated carbocycles. The maximum Gasteiger partial charge on any atom is 0.416 e. The second-order valence-corrected chi connectivity index (χ2v) is 6.85. The van der Waals surface area contributed by atoms with E-state index in [0.717, 1.165) is 6.07 Å². The van der Waals surface area contributed by atoms with Gasteiger partial charge in [0.1, 0.15) is 17.0 Å². The summed E-state index contributed by atoms with van der Waals surface area (Å²) < 4.78 is 69.4. The average Bonchev–Trinajstić information content (AvgIpc) is 3.08. The number of hydrogen-bond donors (Lipinski definition) is 0. The molecule has 136 valence electrons. The van der Waals surface area contributed by atoms with E-state index in [1.54, 1.807) is 6.07 Å². The van der Waals surface area contributed by atoms with Gasteiger partial charge in [-0.05, 0) is 40.8 Å². The van der Waals surface area contributed by atoms with Gasteiger partial charge < -0.3 is 4.18 Å². The molecular formula is C14H8ClF3N4O3S. The maximum absolute atomic E-state index is 12.8. The summed E-state index contributed by atoms with van der Waals surface area (Å²) in [7, 11) is -4.61. The van der Waals surface area contributed by atoms with E-state index in [2.05, 4.69) is 15.5 Å². The second kappa shape index (κ2) is 6.57. The number of tetrazole rings is 1. The number of aromatic nitrogens is 4. The summed E-state index contributed by atoms with van der Waals surface area (Å²) in [6, 6.07) is 7.60. The summed E-state index contributed by atoms with van der Waals surface area (Å²) in [4.78, 5) is -0.790. The van der Waals surface area contributed by atoms with Crippen LogP contribution in [-0.2, 0) is 16.3 Å². The first kappa shape index (κ1) is 18.1. The van der Waals surface area contributed by atoms with Crippen molar-refractivity contribution in [3.63, 3.8) is 0 Å². The molecule has 0 atom stereocenters. The number of benzene rings is 2. The van der Waals surface area contributed by atoms with E-state index in [9.17, 15) is 21.6 Å². The molecule has 0 spiro atoms. The van der Waals surface area contributed by atoms with Gasteiger partial charge in [0.25, 0.3) is 0 Å². The molecule has 0 amide bonds. The topological polar surface area (TPSA) is 87.0 Å². The lowest BCUT2D eigenvalue weighted by Gasteiger charge is -2.12. The molecule has 1 heterocycles. The van der Waals surface area contributed by atoms with Crippen LogP contribution in [0, 0.1) is 0 Å². The van der Waals surface area contributed by atoms with Gasteiger partial charge in [-0.15, -0.1) is 5.10 Å². The Morgan fingerprint density at radius 3 is 2.54 bits per heavy atom. The molecule has 2 aromatic carbocycles. The van der Waals surface area contributed by atoms with Crippen molar-refractivity contribution in [3.05, 3.63) is 59.4 Å². The molecule has 0 N–H and O–H groups in total. The Morgan fingerprint density at radius 2 is 1.88 bits per heavy atom. The molecule has 0 aliphatic rings. The lowest BCUT2D eigenvalue weighted by Crippen LogP contribution is -2.13. The van der Waals surface area contributed by atoms with E-state index in [-0.39, 0.29) is 5.75 Å². The summed E-state index contributed by atoms with van der Waals surface area (Å²) in [6.07, 6.45) is -3.45. The molecule has 0 bridgehead atoms. The van der Waals surface area contributed by atoms with Gasteiger partial charge in [-0.25, -0.2) is 4.68 Å². The highest BCUT2D eigenvalue weighted by molar-refractivity contribution is 7.87. The Balaban J connectivity index is 1.96. The molecular weight excluding hydrogens is 397 g/mol.